The largest absolute Gasteiger partial charge is 0.339 e. The minimum Gasteiger partial charge on any atom is -0.339 e. The van der Waals surface area contributed by atoms with Crippen LogP contribution in [0.4, 0.5) is 0 Å². The van der Waals surface area contributed by atoms with Crippen molar-refractivity contribution in [3.63, 3.8) is 0 Å². The van der Waals surface area contributed by atoms with Gasteiger partial charge >= 0.3 is 0 Å². The second-order valence-corrected chi connectivity index (χ2v) is 11.5. The Morgan fingerprint density at radius 1 is 1.05 bits per heavy atom. The van der Waals surface area contributed by atoms with E-state index in [4.69, 9.17) is 0 Å². The number of Topliss-reactive ketones (excluding diaryl/α,β-unsaturated/α-hetero) is 1. The van der Waals surface area contributed by atoms with Crippen LogP contribution in [-0.2, 0) is 19.6 Å². The number of amides is 2. The van der Waals surface area contributed by atoms with E-state index >= 15 is 0 Å². The molecule has 1 unspecified atom stereocenters. The number of aromatic nitrogens is 2. The second kappa shape index (κ2) is 11.8. The number of hydrogen-bond acceptors (Lipinski definition) is 7. The molecule has 0 aliphatic carbocycles. The number of hydrogen-bond donors (Lipinski definition) is 2. The molecule has 4 rings (SSSR count). The number of benzene rings is 1. The highest BCUT2D eigenvalue weighted by atomic mass is 32.2. The lowest BCUT2D eigenvalue weighted by atomic mass is 10.0. The maximum Gasteiger partial charge on any atom is 0.270 e. The van der Waals surface area contributed by atoms with E-state index in [1.807, 2.05) is 32.0 Å². The van der Waals surface area contributed by atoms with Crippen LogP contribution in [0.3, 0.4) is 0 Å². The molecule has 2 aromatic heterocycles. The van der Waals surface area contributed by atoms with Crippen molar-refractivity contribution < 1.29 is 22.8 Å². The van der Waals surface area contributed by atoms with Gasteiger partial charge in [0.05, 0.1) is 5.52 Å². The first-order valence-corrected chi connectivity index (χ1v) is 14.0. The fourth-order valence-corrected chi connectivity index (χ4v) is 5.89. The number of carbonyl (C=O) groups excluding carboxylic acids is 3. The van der Waals surface area contributed by atoms with Gasteiger partial charge in [-0.15, -0.1) is 0 Å². The first-order valence-electron chi connectivity index (χ1n) is 12.6. The van der Waals surface area contributed by atoms with E-state index in [1.165, 1.54) is 12.3 Å². The summed E-state index contributed by atoms with van der Waals surface area (Å²) in [5.74, 6) is -1.58. The fraction of sp³-hybridized carbons (Fsp3) is 0.370. The standard InChI is InChI=1S/C27H31N5O5S/c1-18(2)17-22(30-26(34)21-14-13-19-9-3-4-10-20(19)29-21)27(35)31-25-23(33)11-6-8-16-32(25)38(36,37)24-12-5-7-15-28-24/h3-5,7,9-10,12-15,18,22,25H,6,8,11,16-17H2,1-2H3,(H,30,34)(H,31,35)/t22?,25-/m0/s1. The Labute approximate surface area is 221 Å². The normalized spacial score (nSPS) is 17.7. The molecule has 2 atom stereocenters. The molecule has 0 spiro atoms. The predicted octanol–water partition coefficient (Wildman–Crippen LogP) is 2.66. The van der Waals surface area contributed by atoms with Gasteiger partial charge in [-0.25, -0.2) is 18.4 Å². The molecule has 3 heterocycles. The third-order valence-corrected chi connectivity index (χ3v) is 8.08. The number of nitrogens with zero attached hydrogens (tertiary/aromatic N) is 3. The molecular formula is C27H31N5O5S. The Hall–Kier alpha value is -3.70. The van der Waals surface area contributed by atoms with E-state index in [2.05, 4.69) is 20.6 Å². The predicted molar refractivity (Wildman–Crippen MR) is 141 cm³/mol. The number of carbonyl (C=O) groups is 3. The highest BCUT2D eigenvalue weighted by molar-refractivity contribution is 7.89. The Balaban J connectivity index is 1.58. The number of nitrogens with one attached hydrogen (secondary N) is 2. The van der Waals surface area contributed by atoms with Crippen LogP contribution in [-0.4, -0.2) is 59.0 Å². The van der Waals surface area contributed by atoms with E-state index in [9.17, 15) is 22.8 Å². The average Bonchev–Trinajstić information content (AvgIpc) is 3.09. The smallest absolute Gasteiger partial charge is 0.270 e. The first kappa shape index (κ1) is 27.3. The van der Waals surface area contributed by atoms with Crippen molar-refractivity contribution >= 4 is 38.5 Å². The van der Waals surface area contributed by atoms with Crippen molar-refractivity contribution in [2.45, 2.75) is 56.8 Å². The molecule has 2 amide bonds. The minimum atomic E-state index is -4.16. The first-order chi connectivity index (χ1) is 18.2. The van der Waals surface area contributed by atoms with Crippen LogP contribution in [0.5, 0.6) is 0 Å². The van der Waals surface area contributed by atoms with Gasteiger partial charge in [0.25, 0.3) is 15.9 Å². The number of rotatable bonds is 8. The van der Waals surface area contributed by atoms with E-state index in [1.54, 1.807) is 30.3 Å². The summed E-state index contributed by atoms with van der Waals surface area (Å²) in [6.45, 7) is 3.85. The summed E-state index contributed by atoms with van der Waals surface area (Å²) in [5.41, 5.74) is 0.791. The highest BCUT2D eigenvalue weighted by Crippen LogP contribution is 2.21. The lowest BCUT2D eigenvalue weighted by molar-refractivity contribution is -0.131. The van der Waals surface area contributed by atoms with Crippen molar-refractivity contribution in [1.29, 1.82) is 0 Å². The molecule has 10 nitrogen and oxygen atoms in total. The van der Waals surface area contributed by atoms with Crippen molar-refractivity contribution in [1.82, 2.24) is 24.9 Å². The molecule has 11 heteroatoms. The third kappa shape index (κ3) is 6.22. The van der Waals surface area contributed by atoms with Crippen LogP contribution in [0, 0.1) is 5.92 Å². The number of para-hydroxylation sites is 1. The van der Waals surface area contributed by atoms with E-state index in [-0.39, 0.29) is 36.0 Å². The summed E-state index contributed by atoms with van der Waals surface area (Å²) in [5, 5.41) is 6.02. The maximum atomic E-state index is 13.5. The summed E-state index contributed by atoms with van der Waals surface area (Å²) in [6.07, 6.45) is 1.32. The van der Waals surface area contributed by atoms with Gasteiger partial charge in [0.2, 0.25) is 5.91 Å². The monoisotopic (exact) mass is 537 g/mol. The maximum absolute atomic E-state index is 13.5. The summed E-state index contributed by atoms with van der Waals surface area (Å²) in [6, 6.07) is 14.2. The zero-order valence-corrected chi connectivity index (χ0v) is 22.1. The lowest BCUT2D eigenvalue weighted by Crippen LogP contribution is -2.58. The average molecular weight is 538 g/mol. The molecule has 1 aliphatic rings. The Kier molecular flexibility index (Phi) is 8.48. The summed E-state index contributed by atoms with van der Waals surface area (Å²) in [7, 11) is -4.16. The highest BCUT2D eigenvalue weighted by Gasteiger charge is 2.39. The molecule has 1 saturated heterocycles. The molecule has 1 fully saturated rings. The minimum absolute atomic E-state index is 0.0220. The molecule has 1 aliphatic heterocycles. The molecule has 1 aromatic carbocycles. The summed E-state index contributed by atoms with van der Waals surface area (Å²) >= 11 is 0. The van der Waals surface area contributed by atoms with E-state index in [0.717, 1.165) is 9.69 Å². The second-order valence-electron chi connectivity index (χ2n) is 9.66. The van der Waals surface area contributed by atoms with Crippen LogP contribution in [0.25, 0.3) is 10.9 Å². The summed E-state index contributed by atoms with van der Waals surface area (Å²) in [4.78, 5) is 47.9. The molecule has 0 radical (unpaired) electrons. The lowest BCUT2D eigenvalue weighted by Gasteiger charge is -2.30. The van der Waals surface area contributed by atoms with Gasteiger partial charge in [-0.2, -0.15) is 4.31 Å². The van der Waals surface area contributed by atoms with Crippen LogP contribution < -0.4 is 10.6 Å². The molecule has 2 N–H and O–H groups in total. The van der Waals surface area contributed by atoms with Crippen molar-refractivity contribution in [3.05, 3.63) is 66.5 Å². The van der Waals surface area contributed by atoms with Gasteiger partial charge in [-0.3, -0.25) is 14.4 Å². The quantitative estimate of drug-likeness (QED) is 0.450. The Morgan fingerprint density at radius 3 is 2.55 bits per heavy atom. The molecular weight excluding hydrogens is 506 g/mol. The third-order valence-electron chi connectivity index (χ3n) is 6.29. The van der Waals surface area contributed by atoms with Gasteiger partial charge < -0.3 is 10.6 Å². The number of fused-ring (bicyclic) bond motifs is 1. The van der Waals surface area contributed by atoms with Gasteiger partial charge in [0.1, 0.15) is 11.7 Å². The number of ketones is 1. The number of pyridine rings is 2. The van der Waals surface area contributed by atoms with Crippen LogP contribution in [0.2, 0.25) is 0 Å². The zero-order valence-electron chi connectivity index (χ0n) is 21.3. The van der Waals surface area contributed by atoms with Gasteiger partial charge in [0, 0.05) is 24.5 Å². The van der Waals surface area contributed by atoms with Gasteiger partial charge in [-0.1, -0.05) is 44.2 Å². The molecule has 3 aromatic rings. The number of sulfonamides is 1. The van der Waals surface area contributed by atoms with Crippen LogP contribution >= 0.6 is 0 Å². The van der Waals surface area contributed by atoms with Crippen molar-refractivity contribution in [2.75, 3.05) is 6.54 Å². The molecule has 0 saturated carbocycles. The molecule has 200 valence electrons. The summed E-state index contributed by atoms with van der Waals surface area (Å²) < 4.78 is 27.8. The van der Waals surface area contributed by atoms with Crippen molar-refractivity contribution in [2.24, 2.45) is 5.92 Å². The Morgan fingerprint density at radius 2 is 1.82 bits per heavy atom. The van der Waals surface area contributed by atoms with Crippen molar-refractivity contribution in [3.8, 4) is 0 Å². The van der Waals surface area contributed by atoms with Gasteiger partial charge in [-0.05, 0) is 49.4 Å². The SMILES string of the molecule is CC(C)CC(NC(=O)c1ccc2ccccc2n1)C(=O)N[C@@H]1C(=O)CCCCN1S(=O)(=O)c1ccccn1. The fourth-order valence-electron chi connectivity index (χ4n) is 4.39. The Bertz CT molecular complexity index is 1430. The van der Waals surface area contributed by atoms with Gasteiger partial charge in [0.15, 0.2) is 17.0 Å². The molecule has 38 heavy (non-hydrogen) atoms. The van der Waals surface area contributed by atoms with E-state index in [0.29, 0.717) is 18.4 Å². The van der Waals surface area contributed by atoms with Crippen LogP contribution in [0.1, 0.15) is 50.0 Å². The van der Waals surface area contributed by atoms with E-state index < -0.39 is 39.8 Å². The van der Waals surface area contributed by atoms with Crippen LogP contribution in [0.15, 0.2) is 65.8 Å². The molecule has 0 bridgehead atoms. The topological polar surface area (TPSA) is 138 Å². The zero-order chi connectivity index (χ0) is 27.3.